The first-order valence-electron chi connectivity index (χ1n) is 6.55. The number of para-hydroxylation sites is 1. The molecule has 3 amide bonds. The number of carbonyl (C=O) groups is 2. The maximum Gasteiger partial charge on any atom is 0.319 e. The molecule has 20 heavy (non-hydrogen) atoms. The average Bonchev–Trinajstić information content (AvgIpc) is 2.39. The predicted octanol–water partition coefficient (Wildman–Crippen LogP) is 2.11. The van der Waals surface area contributed by atoms with Crippen LogP contribution >= 0.6 is 0 Å². The Morgan fingerprint density at radius 3 is 2.55 bits per heavy atom. The summed E-state index contributed by atoms with van der Waals surface area (Å²) in [7, 11) is 0. The maximum absolute atomic E-state index is 13.3. The predicted molar refractivity (Wildman–Crippen MR) is 75.9 cm³/mol. The molecule has 6 heteroatoms. The number of carbonyl (C=O) groups excluding carboxylic acids is 2. The fraction of sp³-hybridized carbons (Fsp3) is 0.429. The minimum Gasteiger partial charge on any atom is -0.356 e. The van der Waals surface area contributed by atoms with E-state index in [9.17, 15) is 14.0 Å². The molecular formula is C14H20FN3O2. The summed E-state index contributed by atoms with van der Waals surface area (Å²) in [6, 6.07) is 5.35. The highest BCUT2D eigenvalue weighted by Crippen LogP contribution is 2.11. The van der Waals surface area contributed by atoms with Crippen LogP contribution in [0.15, 0.2) is 24.3 Å². The van der Waals surface area contributed by atoms with Gasteiger partial charge in [0.2, 0.25) is 5.91 Å². The number of urea groups is 1. The number of nitrogens with one attached hydrogen (secondary N) is 3. The van der Waals surface area contributed by atoms with Gasteiger partial charge in [-0.05, 0) is 18.1 Å². The molecule has 0 saturated heterocycles. The summed E-state index contributed by atoms with van der Waals surface area (Å²) >= 11 is 0. The van der Waals surface area contributed by atoms with E-state index in [1.807, 2.05) is 13.8 Å². The Morgan fingerprint density at radius 2 is 1.90 bits per heavy atom. The fourth-order valence-electron chi connectivity index (χ4n) is 1.42. The molecule has 0 spiro atoms. The summed E-state index contributed by atoms with van der Waals surface area (Å²) in [5, 5.41) is 7.62. The Morgan fingerprint density at radius 1 is 1.20 bits per heavy atom. The first-order chi connectivity index (χ1) is 9.49. The molecule has 110 valence electrons. The number of rotatable bonds is 6. The van der Waals surface area contributed by atoms with Gasteiger partial charge in [-0.15, -0.1) is 0 Å². The van der Waals surface area contributed by atoms with Crippen molar-refractivity contribution in [3.8, 4) is 0 Å². The molecule has 0 unspecified atom stereocenters. The number of amides is 3. The summed E-state index contributed by atoms with van der Waals surface area (Å²) in [6.07, 6.45) is 0.192. The molecular weight excluding hydrogens is 261 g/mol. The molecule has 0 radical (unpaired) electrons. The van der Waals surface area contributed by atoms with E-state index in [4.69, 9.17) is 0 Å². The zero-order valence-electron chi connectivity index (χ0n) is 11.7. The van der Waals surface area contributed by atoms with Gasteiger partial charge in [0.15, 0.2) is 0 Å². The van der Waals surface area contributed by atoms with E-state index in [0.29, 0.717) is 12.5 Å². The molecule has 0 aromatic heterocycles. The van der Waals surface area contributed by atoms with E-state index in [1.165, 1.54) is 18.2 Å². The Hall–Kier alpha value is -2.11. The molecule has 5 nitrogen and oxygen atoms in total. The van der Waals surface area contributed by atoms with E-state index in [-0.39, 0.29) is 24.6 Å². The van der Waals surface area contributed by atoms with Gasteiger partial charge in [0.05, 0.1) is 5.69 Å². The van der Waals surface area contributed by atoms with Crippen molar-refractivity contribution in [2.45, 2.75) is 20.3 Å². The van der Waals surface area contributed by atoms with Crippen molar-refractivity contribution in [3.63, 3.8) is 0 Å². The van der Waals surface area contributed by atoms with Gasteiger partial charge in [-0.25, -0.2) is 9.18 Å². The minimum atomic E-state index is -0.535. The van der Waals surface area contributed by atoms with Crippen molar-refractivity contribution in [2.24, 2.45) is 5.92 Å². The van der Waals surface area contributed by atoms with Crippen LogP contribution in [0.1, 0.15) is 20.3 Å². The lowest BCUT2D eigenvalue weighted by atomic mass is 10.2. The normalized spacial score (nSPS) is 10.2. The molecule has 0 atom stereocenters. The monoisotopic (exact) mass is 281 g/mol. The third kappa shape index (κ3) is 6.17. The first kappa shape index (κ1) is 15.9. The number of hydrogen-bond donors (Lipinski definition) is 3. The summed E-state index contributed by atoms with van der Waals surface area (Å²) in [5.74, 6) is -0.238. The molecule has 3 N–H and O–H groups in total. The quantitative estimate of drug-likeness (QED) is 0.747. The fourth-order valence-corrected chi connectivity index (χ4v) is 1.42. The molecule has 1 aromatic rings. The summed E-state index contributed by atoms with van der Waals surface area (Å²) in [5.41, 5.74) is 0.106. The van der Waals surface area contributed by atoms with Crippen molar-refractivity contribution < 1.29 is 14.0 Å². The van der Waals surface area contributed by atoms with Gasteiger partial charge in [0.25, 0.3) is 0 Å². The van der Waals surface area contributed by atoms with Crippen molar-refractivity contribution in [2.75, 3.05) is 18.4 Å². The minimum absolute atomic E-state index is 0.106. The molecule has 0 aliphatic carbocycles. The SMILES string of the molecule is CC(C)CNC(=O)CCNC(=O)Nc1ccccc1F. The smallest absolute Gasteiger partial charge is 0.319 e. The molecule has 1 rings (SSSR count). The topological polar surface area (TPSA) is 70.2 Å². The lowest BCUT2D eigenvalue weighted by molar-refractivity contribution is -0.121. The van der Waals surface area contributed by atoms with Crippen molar-refractivity contribution in [3.05, 3.63) is 30.1 Å². The maximum atomic E-state index is 13.3. The highest BCUT2D eigenvalue weighted by atomic mass is 19.1. The second kappa shape index (κ2) is 8.14. The molecule has 1 aromatic carbocycles. The van der Waals surface area contributed by atoms with Gasteiger partial charge in [0, 0.05) is 19.5 Å². The van der Waals surface area contributed by atoms with Gasteiger partial charge < -0.3 is 16.0 Å². The van der Waals surface area contributed by atoms with Crippen molar-refractivity contribution >= 4 is 17.6 Å². The van der Waals surface area contributed by atoms with Gasteiger partial charge in [-0.3, -0.25) is 4.79 Å². The van der Waals surface area contributed by atoms with Crippen LogP contribution in [0.5, 0.6) is 0 Å². The number of anilines is 1. The highest BCUT2D eigenvalue weighted by molar-refractivity contribution is 5.89. The first-order valence-corrected chi connectivity index (χ1v) is 6.55. The average molecular weight is 281 g/mol. The summed E-state index contributed by atoms with van der Waals surface area (Å²) in [4.78, 5) is 22.9. The van der Waals surface area contributed by atoms with E-state index in [0.717, 1.165) is 0 Å². The molecule has 0 aliphatic heterocycles. The molecule has 0 saturated carbocycles. The van der Waals surface area contributed by atoms with Crippen molar-refractivity contribution in [1.82, 2.24) is 10.6 Å². The number of benzene rings is 1. The van der Waals surface area contributed by atoms with Crippen LogP contribution in [-0.2, 0) is 4.79 Å². The van der Waals surface area contributed by atoms with Crippen LogP contribution < -0.4 is 16.0 Å². The number of halogens is 1. The molecule has 0 fully saturated rings. The molecule has 0 heterocycles. The second-order valence-electron chi connectivity index (χ2n) is 4.81. The Kier molecular flexibility index (Phi) is 6.49. The van der Waals surface area contributed by atoms with Crippen LogP contribution in [0, 0.1) is 11.7 Å². The molecule has 0 aliphatic rings. The van der Waals surface area contributed by atoms with E-state index in [1.54, 1.807) is 6.07 Å². The lowest BCUT2D eigenvalue weighted by Crippen LogP contribution is -2.34. The highest BCUT2D eigenvalue weighted by Gasteiger charge is 2.07. The number of hydrogen-bond acceptors (Lipinski definition) is 2. The van der Waals surface area contributed by atoms with E-state index < -0.39 is 11.8 Å². The zero-order valence-corrected chi connectivity index (χ0v) is 11.7. The standard InChI is InChI=1S/C14H20FN3O2/c1-10(2)9-17-13(19)7-8-16-14(20)18-12-6-4-3-5-11(12)15/h3-6,10H,7-9H2,1-2H3,(H,17,19)(H2,16,18,20). The van der Waals surface area contributed by atoms with Gasteiger partial charge >= 0.3 is 6.03 Å². The van der Waals surface area contributed by atoms with Gasteiger partial charge in [0.1, 0.15) is 5.82 Å². The van der Waals surface area contributed by atoms with E-state index in [2.05, 4.69) is 16.0 Å². The third-order valence-corrected chi connectivity index (χ3v) is 2.47. The van der Waals surface area contributed by atoms with Crippen LogP contribution in [0.3, 0.4) is 0 Å². The van der Waals surface area contributed by atoms with Gasteiger partial charge in [-0.2, -0.15) is 0 Å². The van der Waals surface area contributed by atoms with Crippen LogP contribution in [0.2, 0.25) is 0 Å². The largest absolute Gasteiger partial charge is 0.356 e. The summed E-state index contributed by atoms with van der Waals surface area (Å²) < 4.78 is 13.3. The Balaban J connectivity index is 2.24. The zero-order chi connectivity index (χ0) is 15.0. The third-order valence-electron chi connectivity index (χ3n) is 2.47. The molecule has 0 bridgehead atoms. The Labute approximate surface area is 117 Å². The second-order valence-corrected chi connectivity index (χ2v) is 4.81. The summed E-state index contributed by atoms with van der Waals surface area (Å²) in [6.45, 7) is 4.81. The lowest BCUT2D eigenvalue weighted by Gasteiger charge is -2.09. The van der Waals surface area contributed by atoms with Crippen LogP contribution in [0.25, 0.3) is 0 Å². The van der Waals surface area contributed by atoms with E-state index >= 15 is 0 Å². The van der Waals surface area contributed by atoms with Crippen LogP contribution in [-0.4, -0.2) is 25.0 Å². The van der Waals surface area contributed by atoms with Gasteiger partial charge in [-0.1, -0.05) is 26.0 Å². The Bertz CT molecular complexity index is 463. The van der Waals surface area contributed by atoms with Crippen molar-refractivity contribution in [1.29, 1.82) is 0 Å². The van der Waals surface area contributed by atoms with Crippen LogP contribution in [0.4, 0.5) is 14.9 Å².